The molecule has 0 saturated heterocycles. The molecule has 0 atom stereocenters. The summed E-state index contributed by atoms with van der Waals surface area (Å²) in [6.07, 6.45) is 3.05. The van der Waals surface area contributed by atoms with Crippen molar-refractivity contribution in [2.75, 3.05) is 13.6 Å². The molecule has 94 valence electrons. The number of halogens is 1. The van der Waals surface area contributed by atoms with E-state index in [4.69, 9.17) is 5.73 Å². The van der Waals surface area contributed by atoms with Crippen LogP contribution in [-0.4, -0.2) is 29.0 Å². The Morgan fingerprint density at radius 1 is 1.50 bits per heavy atom. The van der Waals surface area contributed by atoms with Crippen molar-refractivity contribution in [3.05, 3.63) is 16.1 Å². The minimum Gasteiger partial charge on any atom is -0.324 e. The fourth-order valence-corrected chi connectivity index (χ4v) is 2.51. The first-order chi connectivity index (χ1) is 6.90. The van der Waals surface area contributed by atoms with Gasteiger partial charge < -0.3 is 5.73 Å². The van der Waals surface area contributed by atoms with E-state index in [1.54, 1.807) is 11.3 Å². The van der Waals surface area contributed by atoms with E-state index in [1.165, 1.54) is 9.88 Å². The van der Waals surface area contributed by atoms with Crippen LogP contribution in [-0.2, 0) is 13.0 Å². The van der Waals surface area contributed by atoms with E-state index in [0.717, 1.165) is 19.5 Å². The van der Waals surface area contributed by atoms with Gasteiger partial charge in [0.15, 0.2) is 0 Å². The van der Waals surface area contributed by atoms with Crippen molar-refractivity contribution in [3.8, 4) is 0 Å². The van der Waals surface area contributed by atoms with Gasteiger partial charge in [-0.3, -0.25) is 4.90 Å². The molecule has 0 fully saturated rings. The van der Waals surface area contributed by atoms with E-state index in [2.05, 4.69) is 23.9 Å². The van der Waals surface area contributed by atoms with Crippen LogP contribution in [0.3, 0.4) is 0 Å². The molecule has 0 radical (unpaired) electrons. The third-order valence-electron chi connectivity index (χ3n) is 2.03. The topological polar surface area (TPSA) is 42.2 Å². The molecule has 5 heteroatoms. The summed E-state index contributed by atoms with van der Waals surface area (Å²) in [5.41, 5.74) is 5.82. The highest BCUT2D eigenvalue weighted by atomic mass is 35.5. The second-order valence-corrected chi connectivity index (χ2v) is 5.93. The molecule has 2 N–H and O–H groups in total. The smallest absolute Gasteiger partial charge is 0.107 e. The van der Waals surface area contributed by atoms with Crippen LogP contribution in [0.2, 0.25) is 0 Å². The molecule has 0 bridgehead atoms. The maximum absolute atomic E-state index is 5.96. The number of thiazole rings is 1. The summed E-state index contributed by atoms with van der Waals surface area (Å²) in [4.78, 5) is 7.97. The number of hydrogen-bond donors (Lipinski definition) is 1. The van der Waals surface area contributed by atoms with Gasteiger partial charge in [0.2, 0.25) is 0 Å². The Bertz CT molecular complexity index is 306. The summed E-state index contributed by atoms with van der Waals surface area (Å²) in [6, 6.07) is 0. The van der Waals surface area contributed by atoms with E-state index in [9.17, 15) is 0 Å². The number of aromatic nitrogens is 1. The molecule has 0 aliphatic heterocycles. The third-order valence-corrected chi connectivity index (χ3v) is 3.16. The lowest BCUT2D eigenvalue weighted by Gasteiger charge is -2.25. The van der Waals surface area contributed by atoms with Crippen LogP contribution in [0.25, 0.3) is 0 Å². The van der Waals surface area contributed by atoms with Crippen LogP contribution >= 0.6 is 23.7 Å². The van der Waals surface area contributed by atoms with Gasteiger partial charge in [-0.15, -0.1) is 23.7 Å². The Kier molecular flexibility index (Phi) is 6.48. The molecule has 0 spiro atoms. The zero-order chi connectivity index (χ0) is 11.5. The Hall–Kier alpha value is -0.160. The van der Waals surface area contributed by atoms with Crippen LogP contribution in [0, 0.1) is 0 Å². The highest BCUT2D eigenvalue weighted by Crippen LogP contribution is 2.15. The molecule has 1 aromatic heterocycles. The number of hydrogen-bond acceptors (Lipinski definition) is 4. The highest BCUT2D eigenvalue weighted by molar-refractivity contribution is 7.11. The van der Waals surface area contributed by atoms with Gasteiger partial charge in [-0.1, -0.05) is 6.92 Å². The van der Waals surface area contributed by atoms with Crippen LogP contribution < -0.4 is 5.73 Å². The molecule has 1 rings (SSSR count). The first-order valence-electron chi connectivity index (χ1n) is 5.31. The number of nitrogens with zero attached hydrogens (tertiary/aromatic N) is 2. The Labute approximate surface area is 108 Å². The van der Waals surface area contributed by atoms with Gasteiger partial charge in [0.05, 0.1) is 6.54 Å². The third kappa shape index (κ3) is 5.80. The molecular weight excluding hydrogens is 242 g/mol. The molecule has 0 aromatic carbocycles. The van der Waals surface area contributed by atoms with Crippen LogP contribution in [0.5, 0.6) is 0 Å². The van der Waals surface area contributed by atoms with E-state index in [-0.39, 0.29) is 17.9 Å². The van der Waals surface area contributed by atoms with Crippen molar-refractivity contribution in [2.24, 2.45) is 5.73 Å². The molecule has 0 unspecified atom stereocenters. The summed E-state index contributed by atoms with van der Waals surface area (Å²) in [6.45, 7) is 8.02. The summed E-state index contributed by atoms with van der Waals surface area (Å²) in [7, 11) is 2.08. The lowest BCUT2D eigenvalue weighted by Crippen LogP contribution is -2.43. The summed E-state index contributed by atoms with van der Waals surface area (Å²) in [5, 5.41) is 1.18. The van der Waals surface area contributed by atoms with Gasteiger partial charge in [0.1, 0.15) is 5.01 Å². The van der Waals surface area contributed by atoms with Gasteiger partial charge in [0, 0.05) is 23.2 Å². The molecule has 16 heavy (non-hydrogen) atoms. The largest absolute Gasteiger partial charge is 0.324 e. The molecule has 0 aliphatic rings. The van der Waals surface area contributed by atoms with Crippen molar-refractivity contribution in [1.29, 1.82) is 0 Å². The van der Waals surface area contributed by atoms with Gasteiger partial charge in [-0.2, -0.15) is 0 Å². The zero-order valence-electron chi connectivity index (χ0n) is 10.5. The summed E-state index contributed by atoms with van der Waals surface area (Å²) >= 11 is 1.79. The molecule has 0 aliphatic carbocycles. The van der Waals surface area contributed by atoms with Gasteiger partial charge in [-0.05, 0) is 27.3 Å². The second kappa shape index (κ2) is 6.55. The number of nitrogens with two attached hydrogens (primary N) is 1. The van der Waals surface area contributed by atoms with Crippen LogP contribution in [0.1, 0.15) is 30.7 Å². The summed E-state index contributed by atoms with van der Waals surface area (Å²) in [5.74, 6) is 0. The first-order valence-corrected chi connectivity index (χ1v) is 6.13. The summed E-state index contributed by atoms with van der Waals surface area (Å²) < 4.78 is 0. The quantitative estimate of drug-likeness (QED) is 0.886. The molecule has 3 nitrogen and oxygen atoms in total. The Balaban J connectivity index is 0.00000225. The predicted octanol–water partition coefficient (Wildman–Crippen LogP) is 2.30. The Morgan fingerprint density at radius 2 is 2.12 bits per heavy atom. The monoisotopic (exact) mass is 263 g/mol. The lowest BCUT2D eigenvalue weighted by atomic mass is 10.1. The SMILES string of the molecule is CCc1cnc(CN(C)CC(C)(C)N)s1.Cl. The zero-order valence-corrected chi connectivity index (χ0v) is 12.1. The van der Waals surface area contributed by atoms with E-state index >= 15 is 0 Å². The molecule has 1 heterocycles. The number of rotatable bonds is 5. The van der Waals surface area contributed by atoms with Crippen molar-refractivity contribution >= 4 is 23.7 Å². The number of aryl methyl sites for hydroxylation is 1. The average Bonchev–Trinajstić information content (AvgIpc) is 2.48. The maximum Gasteiger partial charge on any atom is 0.107 e. The minimum absolute atomic E-state index is 0. The van der Waals surface area contributed by atoms with Gasteiger partial charge in [-0.25, -0.2) is 4.98 Å². The van der Waals surface area contributed by atoms with E-state index in [0.29, 0.717) is 0 Å². The van der Waals surface area contributed by atoms with Gasteiger partial charge in [0.25, 0.3) is 0 Å². The van der Waals surface area contributed by atoms with Crippen LogP contribution in [0.15, 0.2) is 6.20 Å². The van der Waals surface area contributed by atoms with Crippen molar-refractivity contribution in [1.82, 2.24) is 9.88 Å². The minimum atomic E-state index is -0.139. The van der Waals surface area contributed by atoms with Crippen LogP contribution in [0.4, 0.5) is 0 Å². The van der Waals surface area contributed by atoms with Crippen molar-refractivity contribution in [2.45, 2.75) is 39.3 Å². The molecule has 1 aromatic rings. The van der Waals surface area contributed by atoms with Gasteiger partial charge >= 0.3 is 0 Å². The van der Waals surface area contributed by atoms with E-state index < -0.39 is 0 Å². The molecule has 0 saturated carbocycles. The second-order valence-electron chi connectivity index (χ2n) is 4.73. The fourth-order valence-electron chi connectivity index (χ4n) is 1.57. The van der Waals surface area contributed by atoms with Crippen molar-refractivity contribution in [3.63, 3.8) is 0 Å². The average molecular weight is 264 g/mol. The predicted molar refractivity (Wildman–Crippen MR) is 73.3 cm³/mol. The standard InChI is InChI=1S/C11H21N3S.ClH/c1-5-9-6-13-10(15-9)7-14(4)8-11(2,3)12;/h6H,5,7-8,12H2,1-4H3;1H. The van der Waals surface area contributed by atoms with Crippen molar-refractivity contribution < 1.29 is 0 Å². The maximum atomic E-state index is 5.96. The molecule has 0 amide bonds. The normalized spacial score (nSPS) is 11.6. The lowest BCUT2D eigenvalue weighted by molar-refractivity contribution is 0.263. The van der Waals surface area contributed by atoms with E-state index in [1.807, 2.05) is 20.0 Å². The Morgan fingerprint density at radius 3 is 2.56 bits per heavy atom. The highest BCUT2D eigenvalue weighted by Gasteiger charge is 2.14. The first kappa shape index (κ1) is 15.8. The number of likely N-dealkylation sites (N-methyl/N-ethyl adjacent to an activating group) is 1. The molecular formula is C11H22ClN3S. The fraction of sp³-hybridized carbons (Fsp3) is 0.727.